The maximum Gasteiger partial charge on any atom is 1.00 e. The van der Waals surface area contributed by atoms with Crippen LogP contribution in [-0.4, -0.2) is 21.9 Å². The Morgan fingerprint density at radius 1 is 0.429 bits per heavy atom. The molecule has 0 atom stereocenters. The van der Waals surface area contributed by atoms with E-state index in [9.17, 15) is 0 Å². The average Bonchev–Trinajstić information content (AvgIpc) is 0. The molecule has 0 saturated heterocycles. The van der Waals surface area contributed by atoms with Crippen molar-refractivity contribution < 1.29 is 115 Å². The van der Waals surface area contributed by atoms with E-state index in [0.717, 1.165) is 0 Å². The molecule has 7 heteroatoms. The van der Waals surface area contributed by atoms with Crippen LogP contribution >= 0.6 is 0 Å². The summed E-state index contributed by atoms with van der Waals surface area (Å²) in [4.78, 5) is 0. The Kier molecular flexibility index (Phi) is 918. The van der Waals surface area contributed by atoms with E-state index in [0.29, 0.717) is 0 Å². The molecule has 0 unspecified atom stereocenters. The molecule has 0 heterocycles. The van der Waals surface area contributed by atoms with Crippen LogP contribution in [0.5, 0.6) is 0 Å². The summed E-state index contributed by atoms with van der Waals surface area (Å²) in [7, 11) is 0. The van der Waals surface area contributed by atoms with Gasteiger partial charge in [-0.3, -0.25) is 0 Å². The van der Waals surface area contributed by atoms with E-state index in [-0.39, 0.29) is 115 Å². The van der Waals surface area contributed by atoms with Crippen molar-refractivity contribution >= 4 is 0 Å². The summed E-state index contributed by atoms with van der Waals surface area (Å²) in [6.45, 7) is 0. The monoisotopic (exact) mass is 144 g/mol. The van der Waals surface area contributed by atoms with Crippen molar-refractivity contribution in [3.05, 3.63) is 0 Å². The Bertz CT molecular complexity index is 15.7. The van der Waals surface area contributed by atoms with Crippen molar-refractivity contribution in [2.45, 2.75) is 0 Å². The van der Waals surface area contributed by atoms with Crippen LogP contribution in [0.25, 0.3) is 0 Å². The topological polar surface area (TPSA) is 126 Å². The second-order valence-corrected chi connectivity index (χ2v) is 0. The third-order valence-corrected chi connectivity index (χ3v) is 0. The SMILES string of the molecule is O.O.O.O.[H-].[H-].[H-].[Na+].[Na+].[Na+]. The molecule has 7 heavy (non-hydrogen) atoms. The van der Waals surface area contributed by atoms with Crippen molar-refractivity contribution in [2.75, 3.05) is 0 Å². The van der Waals surface area contributed by atoms with E-state index in [2.05, 4.69) is 0 Å². The van der Waals surface area contributed by atoms with Gasteiger partial charge >= 0.3 is 88.7 Å². The molecule has 38 valence electrons. The third kappa shape index (κ3) is 51.3. The number of rotatable bonds is 0. The molecule has 0 aliphatic heterocycles. The number of hydrogen-bond acceptors (Lipinski definition) is 0. The van der Waals surface area contributed by atoms with Gasteiger partial charge in [0.2, 0.25) is 0 Å². The van der Waals surface area contributed by atoms with Gasteiger partial charge in [-0.25, -0.2) is 0 Å². The van der Waals surface area contributed by atoms with Gasteiger partial charge in [0.1, 0.15) is 0 Å². The molecule has 0 aliphatic rings. The number of hydrogen-bond donors (Lipinski definition) is 0. The molecule has 0 amide bonds. The Morgan fingerprint density at radius 2 is 0.429 bits per heavy atom. The first-order valence-electron chi connectivity index (χ1n) is 0. The van der Waals surface area contributed by atoms with Crippen LogP contribution < -0.4 is 88.7 Å². The fourth-order valence-electron chi connectivity index (χ4n) is 0. The Labute approximate surface area is 113 Å². The van der Waals surface area contributed by atoms with Gasteiger partial charge in [-0.05, 0) is 0 Å². The van der Waals surface area contributed by atoms with Crippen molar-refractivity contribution in [2.24, 2.45) is 0 Å². The quantitative estimate of drug-likeness (QED) is 0.299. The summed E-state index contributed by atoms with van der Waals surface area (Å²) < 4.78 is 0. The van der Waals surface area contributed by atoms with Crippen LogP contribution in [0.1, 0.15) is 4.28 Å². The van der Waals surface area contributed by atoms with Crippen molar-refractivity contribution in [3.63, 3.8) is 0 Å². The minimum absolute atomic E-state index is 0. The summed E-state index contributed by atoms with van der Waals surface area (Å²) in [6, 6.07) is 0. The largest absolute Gasteiger partial charge is 1.00 e. The van der Waals surface area contributed by atoms with Crippen LogP contribution in [-0.2, 0) is 0 Å². The zero-order valence-electron chi connectivity index (χ0n) is 8.00. The zero-order chi connectivity index (χ0) is 0. The summed E-state index contributed by atoms with van der Waals surface area (Å²) in [6.07, 6.45) is 0. The summed E-state index contributed by atoms with van der Waals surface area (Å²) in [5.74, 6) is 0. The van der Waals surface area contributed by atoms with E-state index < -0.39 is 0 Å². The van der Waals surface area contributed by atoms with E-state index >= 15 is 0 Å². The molecule has 0 aromatic carbocycles. The summed E-state index contributed by atoms with van der Waals surface area (Å²) in [5, 5.41) is 0. The molecular formula is H11Na3O4. The van der Waals surface area contributed by atoms with Gasteiger partial charge in [0, 0.05) is 0 Å². The fraction of sp³-hybridized carbons (Fsp3) is 0. The minimum atomic E-state index is 0. The molecule has 0 saturated carbocycles. The van der Waals surface area contributed by atoms with Crippen LogP contribution in [0.4, 0.5) is 0 Å². The molecule has 4 nitrogen and oxygen atoms in total. The zero-order valence-corrected chi connectivity index (χ0v) is 11.0. The Hall–Kier alpha value is 2.84. The molecule has 0 fully saturated rings. The predicted octanol–water partition coefficient (Wildman–Crippen LogP) is -11.9. The van der Waals surface area contributed by atoms with E-state index in [4.69, 9.17) is 0 Å². The van der Waals surface area contributed by atoms with Crippen molar-refractivity contribution in [3.8, 4) is 0 Å². The van der Waals surface area contributed by atoms with Gasteiger partial charge < -0.3 is 26.2 Å². The van der Waals surface area contributed by atoms with Crippen LogP contribution in [0.15, 0.2) is 0 Å². The van der Waals surface area contributed by atoms with E-state index in [1.54, 1.807) is 0 Å². The minimum Gasteiger partial charge on any atom is -1.00 e. The first-order chi connectivity index (χ1) is 0. The third-order valence-electron chi connectivity index (χ3n) is 0. The Morgan fingerprint density at radius 3 is 0.429 bits per heavy atom. The second kappa shape index (κ2) is 67.4. The molecule has 0 spiro atoms. The second-order valence-electron chi connectivity index (χ2n) is 0. The average molecular weight is 144 g/mol. The smallest absolute Gasteiger partial charge is 1.00 e. The standard InChI is InChI=1S/3Na.4H2O.3H/h;;;4*1H2;;;/q3*+1;;;;;3*-1. The molecule has 0 radical (unpaired) electrons. The maximum absolute atomic E-state index is 0. The van der Waals surface area contributed by atoms with Gasteiger partial charge in [0.25, 0.3) is 0 Å². The Balaban J connectivity index is 0. The van der Waals surface area contributed by atoms with Gasteiger partial charge in [0.15, 0.2) is 0 Å². The van der Waals surface area contributed by atoms with Crippen molar-refractivity contribution in [1.29, 1.82) is 0 Å². The van der Waals surface area contributed by atoms with Crippen molar-refractivity contribution in [1.82, 2.24) is 0 Å². The van der Waals surface area contributed by atoms with Gasteiger partial charge in [0.05, 0.1) is 0 Å². The first kappa shape index (κ1) is 95.3. The molecule has 8 N–H and O–H groups in total. The van der Waals surface area contributed by atoms with E-state index in [1.165, 1.54) is 0 Å². The maximum atomic E-state index is 0. The normalized spacial score (nSPS) is 0. The summed E-state index contributed by atoms with van der Waals surface area (Å²) >= 11 is 0. The van der Waals surface area contributed by atoms with Crippen LogP contribution in [0.3, 0.4) is 0 Å². The first-order valence-corrected chi connectivity index (χ1v) is 0. The van der Waals surface area contributed by atoms with Gasteiger partial charge in [-0.1, -0.05) is 0 Å². The molecule has 0 aromatic heterocycles. The fourth-order valence-corrected chi connectivity index (χ4v) is 0. The molecule has 0 aliphatic carbocycles. The van der Waals surface area contributed by atoms with Crippen LogP contribution in [0.2, 0.25) is 0 Å². The van der Waals surface area contributed by atoms with E-state index in [1.807, 2.05) is 0 Å². The molecular weight excluding hydrogens is 133 g/mol. The van der Waals surface area contributed by atoms with Gasteiger partial charge in [-0.15, -0.1) is 0 Å². The molecule has 0 rings (SSSR count). The molecule has 0 bridgehead atoms. The van der Waals surface area contributed by atoms with Gasteiger partial charge in [-0.2, -0.15) is 0 Å². The van der Waals surface area contributed by atoms with Crippen LogP contribution in [0, 0.1) is 0 Å². The summed E-state index contributed by atoms with van der Waals surface area (Å²) in [5.41, 5.74) is 0. The predicted molar refractivity (Wildman–Crippen MR) is 17.8 cm³/mol. The molecule has 0 aromatic rings.